The van der Waals surface area contributed by atoms with Gasteiger partial charge in [0.1, 0.15) is 0 Å². The number of amides is 4. The van der Waals surface area contributed by atoms with Gasteiger partial charge in [0, 0.05) is 67.7 Å². The van der Waals surface area contributed by atoms with Crippen LogP contribution in [-0.4, -0.2) is 88.2 Å². The van der Waals surface area contributed by atoms with Crippen molar-refractivity contribution in [3.05, 3.63) is 95.2 Å². The monoisotopic (exact) mass is 657 g/mol. The molecular formula is C35H40ClN7O4. The zero-order valence-electron chi connectivity index (χ0n) is 26.6. The van der Waals surface area contributed by atoms with Gasteiger partial charge in [-0.3, -0.25) is 19.2 Å². The number of aromatic amines is 1. The summed E-state index contributed by atoms with van der Waals surface area (Å²) in [5.41, 5.74) is 3.13. The van der Waals surface area contributed by atoms with E-state index < -0.39 is 5.92 Å². The van der Waals surface area contributed by atoms with Gasteiger partial charge in [0.25, 0.3) is 5.91 Å². The quantitative estimate of drug-likeness (QED) is 0.265. The molecule has 4 aromatic rings. The van der Waals surface area contributed by atoms with Crippen LogP contribution in [0.1, 0.15) is 35.1 Å². The first kappa shape index (κ1) is 33.6. The lowest BCUT2D eigenvalue weighted by atomic mass is 9.79. The molecule has 2 aliphatic rings. The molecule has 0 saturated carbocycles. The van der Waals surface area contributed by atoms with Crippen LogP contribution < -0.4 is 10.6 Å². The summed E-state index contributed by atoms with van der Waals surface area (Å²) in [6.07, 6.45) is 7.43. The number of carbonyl (C=O) groups excluding carboxylic acids is 4. The molecule has 3 unspecified atom stereocenters. The molecule has 0 spiro atoms. The van der Waals surface area contributed by atoms with Gasteiger partial charge in [-0.1, -0.05) is 61.3 Å². The minimum Gasteiger partial charge on any atom is -0.361 e. The van der Waals surface area contributed by atoms with Crippen molar-refractivity contribution in [3.63, 3.8) is 0 Å². The predicted molar refractivity (Wildman–Crippen MR) is 180 cm³/mol. The Labute approximate surface area is 279 Å². The van der Waals surface area contributed by atoms with Gasteiger partial charge in [-0.25, -0.2) is 9.97 Å². The molecule has 4 heterocycles. The van der Waals surface area contributed by atoms with E-state index in [9.17, 15) is 19.2 Å². The van der Waals surface area contributed by atoms with Gasteiger partial charge in [-0.05, 0) is 47.6 Å². The number of piperidine rings is 1. The Morgan fingerprint density at radius 2 is 1.70 bits per heavy atom. The number of benzene rings is 2. The summed E-state index contributed by atoms with van der Waals surface area (Å²) in [4.78, 5) is 66.1. The molecule has 246 valence electrons. The Kier molecular flexibility index (Phi) is 11.2. The molecule has 4 amide bonds. The van der Waals surface area contributed by atoms with E-state index in [0.29, 0.717) is 24.7 Å². The van der Waals surface area contributed by atoms with Crippen LogP contribution in [0.2, 0.25) is 5.02 Å². The van der Waals surface area contributed by atoms with Crippen molar-refractivity contribution in [1.29, 1.82) is 0 Å². The number of likely N-dealkylation sites (N-methyl/N-ethyl adjacent to an activating group) is 1. The number of aromatic nitrogens is 3. The topological polar surface area (TPSA) is 140 Å². The first-order chi connectivity index (χ1) is 22.8. The summed E-state index contributed by atoms with van der Waals surface area (Å²) in [7, 11) is 1.50. The van der Waals surface area contributed by atoms with Crippen molar-refractivity contribution in [2.24, 2.45) is 17.8 Å². The van der Waals surface area contributed by atoms with Gasteiger partial charge >= 0.3 is 0 Å². The van der Waals surface area contributed by atoms with E-state index in [1.165, 1.54) is 37.8 Å². The molecule has 2 saturated heterocycles. The molecule has 12 heteroatoms. The van der Waals surface area contributed by atoms with Gasteiger partial charge in [-0.15, -0.1) is 0 Å². The van der Waals surface area contributed by atoms with Crippen molar-refractivity contribution in [1.82, 2.24) is 35.4 Å². The summed E-state index contributed by atoms with van der Waals surface area (Å²) in [6, 6.07) is 17.7. The zero-order chi connectivity index (χ0) is 33.3. The number of nitrogens with one attached hydrogen (secondary N) is 3. The molecule has 2 aliphatic heterocycles. The van der Waals surface area contributed by atoms with Gasteiger partial charge in [-0.2, -0.15) is 0 Å². The Morgan fingerprint density at radius 1 is 0.957 bits per heavy atom. The average Bonchev–Trinajstić information content (AvgIpc) is 3.71. The van der Waals surface area contributed by atoms with Gasteiger partial charge in [0.05, 0.1) is 18.9 Å². The minimum absolute atomic E-state index is 0.0964. The third-order valence-corrected chi connectivity index (χ3v) is 9.00. The summed E-state index contributed by atoms with van der Waals surface area (Å²) >= 11 is 6.09. The summed E-state index contributed by atoms with van der Waals surface area (Å²) < 4.78 is 0. The highest BCUT2D eigenvalue weighted by Crippen LogP contribution is 2.36. The van der Waals surface area contributed by atoms with E-state index >= 15 is 0 Å². The second-order valence-electron chi connectivity index (χ2n) is 11.9. The van der Waals surface area contributed by atoms with Crippen LogP contribution in [0.5, 0.6) is 0 Å². The van der Waals surface area contributed by atoms with Gasteiger partial charge < -0.3 is 25.4 Å². The number of hydrogen-bond donors (Lipinski definition) is 3. The lowest BCUT2D eigenvalue weighted by Crippen LogP contribution is -2.54. The number of likely N-dealkylation sites (tertiary alicyclic amines) is 2. The fourth-order valence-electron chi connectivity index (χ4n) is 6.37. The molecule has 3 atom stereocenters. The van der Waals surface area contributed by atoms with E-state index in [0.717, 1.165) is 16.5 Å². The van der Waals surface area contributed by atoms with Crippen LogP contribution in [0.25, 0.3) is 10.9 Å². The van der Waals surface area contributed by atoms with E-state index in [1.807, 2.05) is 12.1 Å². The molecule has 2 aromatic carbocycles. The first-order valence-electron chi connectivity index (χ1n) is 15.9. The number of carbonyl (C=O) groups is 4. The number of aryl methyl sites for hydroxylation is 1. The molecule has 0 aliphatic carbocycles. The molecule has 3 N–H and O–H groups in total. The van der Waals surface area contributed by atoms with Crippen molar-refractivity contribution >= 4 is 46.1 Å². The fourth-order valence-corrected chi connectivity index (χ4v) is 6.55. The Bertz CT molecular complexity index is 1700. The van der Waals surface area contributed by atoms with Crippen LogP contribution in [0, 0.1) is 17.8 Å². The number of rotatable bonds is 8. The maximum atomic E-state index is 13.5. The van der Waals surface area contributed by atoms with Crippen molar-refractivity contribution in [2.75, 3.05) is 39.8 Å². The second-order valence-corrected chi connectivity index (χ2v) is 12.4. The third kappa shape index (κ3) is 8.34. The van der Waals surface area contributed by atoms with Crippen LogP contribution in [0.4, 0.5) is 0 Å². The maximum Gasteiger partial charge on any atom is 0.291 e. The maximum absolute atomic E-state index is 13.5. The largest absolute Gasteiger partial charge is 0.361 e. The predicted octanol–water partition coefficient (Wildman–Crippen LogP) is 3.50. The summed E-state index contributed by atoms with van der Waals surface area (Å²) in [5, 5.41) is 6.69. The number of nitrogens with zero attached hydrogens (tertiary/aromatic N) is 4. The molecule has 0 bridgehead atoms. The number of halogens is 1. The zero-order valence-corrected chi connectivity index (χ0v) is 27.4. The highest BCUT2D eigenvalue weighted by molar-refractivity contribution is 6.31. The first-order valence-corrected chi connectivity index (χ1v) is 16.3. The molecule has 0 radical (unpaired) electrons. The number of fused-ring (bicyclic) bond motifs is 2. The fraction of sp³-hybridized carbons (Fsp3) is 0.371. The molecule has 47 heavy (non-hydrogen) atoms. The van der Waals surface area contributed by atoms with E-state index in [2.05, 4.69) is 62.8 Å². The van der Waals surface area contributed by atoms with Gasteiger partial charge in [0.15, 0.2) is 0 Å². The standard InChI is InChI=1S/C26H28ClN7O4.C9H12/c1-28-22(35)10-32-25(37)20-14-33(23(36)7-15-9-31-21-8-17(27)3-4-18(15)21)11-16-12-34(13-19(16)20)26(38)24-29-5-2-6-30-24;1-2-6-9-7-4-3-5-8-9/h2-6,8-9,16,19-20,31H,7,10-14H2,1H3,(H,28,35)(H,32,37);3-5,7-8H,2,6H2,1H3. The summed E-state index contributed by atoms with van der Waals surface area (Å²) in [5.74, 6) is -1.78. The van der Waals surface area contributed by atoms with Crippen LogP contribution in [0.15, 0.2) is 73.2 Å². The van der Waals surface area contributed by atoms with Gasteiger partial charge in [0.2, 0.25) is 23.5 Å². The van der Waals surface area contributed by atoms with Crippen LogP contribution in [0.3, 0.4) is 0 Å². The highest BCUT2D eigenvalue weighted by Gasteiger charge is 2.48. The van der Waals surface area contributed by atoms with Crippen LogP contribution in [-0.2, 0) is 27.2 Å². The highest BCUT2D eigenvalue weighted by atomic mass is 35.5. The second kappa shape index (κ2) is 15.7. The van der Waals surface area contributed by atoms with E-state index in [-0.39, 0.29) is 60.8 Å². The normalized spacial score (nSPS) is 18.6. The SMILES string of the molecule is CCCc1ccccc1.CNC(=O)CNC(=O)C1CN(C(=O)Cc2c[nH]c3cc(Cl)ccc23)CC2CN(C(=O)c3ncccn3)CC21. The van der Waals surface area contributed by atoms with Crippen LogP contribution >= 0.6 is 11.6 Å². The van der Waals surface area contributed by atoms with Crippen molar-refractivity contribution in [2.45, 2.75) is 26.2 Å². The van der Waals surface area contributed by atoms with E-state index in [1.54, 1.807) is 28.1 Å². The molecular weight excluding hydrogens is 618 g/mol. The molecule has 6 rings (SSSR count). The Hall–Kier alpha value is -4.77. The van der Waals surface area contributed by atoms with E-state index in [4.69, 9.17) is 11.6 Å². The molecule has 2 aromatic heterocycles. The Balaban J connectivity index is 0.000000417. The van der Waals surface area contributed by atoms with Crippen molar-refractivity contribution < 1.29 is 19.2 Å². The Morgan fingerprint density at radius 3 is 2.43 bits per heavy atom. The summed E-state index contributed by atoms with van der Waals surface area (Å²) in [6.45, 7) is 3.41. The molecule has 11 nitrogen and oxygen atoms in total. The average molecular weight is 658 g/mol. The lowest BCUT2D eigenvalue weighted by Gasteiger charge is -2.39. The van der Waals surface area contributed by atoms with Crippen molar-refractivity contribution in [3.8, 4) is 0 Å². The smallest absolute Gasteiger partial charge is 0.291 e. The molecule has 2 fully saturated rings. The minimum atomic E-state index is -0.571. The lowest BCUT2D eigenvalue weighted by molar-refractivity contribution is -0.139. The number of hydrogen-bond acceptors (Lipinski definition) is 6. The third-order valence-electron chi connectivity index (χ3n) is 8.77. The number of H-pyrrole nitrogens is 1.